The van der Waals surface area contributed by atoms with E-state index >= 15 is 0 Å². The van der Waals surface area contributed by atoms with E-state index in [4.69, 9.17) is 10.5 Å². The molecule has 0 rings (SSSR count). The Bertz CT molecular complexity index is 29.4. The van der Waals surface area contributed by atoms with Crippen molar-refractivity contribution in [1.82, 2.24) is 0 Å². The highest BCUT2D eigenvalue weighted by molar-refractivity contribution is 6.16. The van der Waals surface area contributed by atoms with Crippen LogP contribution < -0.4 is 0 Å². The zero-order chi connectivity index (χ0) is 6.24. The summed E-state index contributed by atoms with van der Waals surface area (Å²) in [4.78, 5) is 7.15. The Balaban J connectivity index is 2.53. The van der Waals surface area contributed by atoms with E-state index in [2.05, 4.69) is 24.7 Å². The summed E-state index contributed by atoms with van der Waals surface area (Å²) < 4.78 is 0. The lowest BCUT2D eigenvalue weighted by Gasteiger charge is -1.91. The fourth-order valence-corrected chi connectivity index (χ4v) is 0.0672. The first kappa shape index (κ1) is 7.78. The first-order chi connectivity index (χ1) is 3.91. The van der Waals surface area contributed by atoms with Crippen molar-refractivity contribution in [3.63, 3.8) is 0 Å². The van der Waals surface area contributed by atoms with Gasteiger partial charge in [0.25, 0.3) is 0 Å². The Morgan fingerprint density at radius 3 is 2.25 bits per heavy atom. The van der Waals surface area contributed by atoms with Gasteiger partial charge in [0, 0.05) is 0 Å². The van der Waals surface area contributed by atoms with Gasteiger partial charge in [-0.1, -0.05) is 10.1 Å². The minimum absolute atomic E-state index is 0.413. The molecule has 0 aliphatic rings. The molecule has 0 aromatic rings. The number of hydrogen-bond acceptors (Lipinski definition) is 7. The van der Waals surface area contributed by atoms with Crippen LogP contribution in [0.2, 0.25) is 0 Å². The number of rotatable bonds is 5. The largest absolute Gasteiger partial charge is 0.567 e. The zero-order valence-electron chi connectivity index (χ0n) is 3.51. The zero-order valence-corrected chi connectivity index (χ0v) is 3.51. The molecule has 0 aromatic carbocycles. The molecule has 0 spiro atoms. The second kappa shape index (κ2) is 6.78. The van der Waals surface area contributed by atoms with Gasteiger partial charge in [-0.25, -0.2) is 20.1 Å². The molecule has 0 saturated heterocycles. The van der Waals surface area contributed by atoms with Crippen molar-refractivity contribution in [2.24, 2.45) is 0 Å². The lowest BCUT2D eigenvalue weighted by molar-refractivity contribution is -0.602. The molecule has 0 fully saturated rings. The Kier molecular flexibility index (Phi) is 6.60. The molecule has 0 saturated carbocycles. The van der Waals surface area contributed by atoms with Crippen LogP contribution in [0.25, 0.3) is 0 Å². The molecule has 0 aliphatic carbocycles. The molecule has 2 N–H and O–H groups in total. The van der Waals surface area contributed by atoms with E-state index in [1.54, 1.807) is 0 Å². The molecule has 0 aliphatic heterocycles. The molecule has 0 atom stereocenters. The van der Waals surface area contributed by atoms with E-state index in [0.717, 1.165) is 0 Å². The van der Waals surface area contributed by atoms with Gasteiger partial charge in [-0.2, -0.15) is 0 Å². The third kappa shape index (κ3) is 5.78. The molecule has 47 valence electrons. The number of hydrogen-bond donors (Lipinski definition) is 2. The summed E-state index contributed by atoms with van der Waals surface area (Å²) in [6, 6.07) is 0. The van der Waals surface area contributed by atoms with Gasteiger partial charge in [-0.3, -0.25) is 0 Å². The summed E-state index contributed by atoms with van der Waals surface area (Å²) in [6.07, 6.45) is 0. The predicted octanol–water partition coefficient (Wildman–Crippen LogP) is -0.705. The summed E-state index contributed by atoms with van der Waals surface area (Å²) in [5.74, 6) is 0. The quantitative estimate of drug-likeness (QED) is 0.217. The second-order valence-electron chi connectivity index (χ2n) is 0.506. The summed E-state index contributed by atoms with van der Waals surface area (Å²) in [7, 11) is 0.413. The van der Waals surface area contributed by atoms with E-state index in [0.29, 0.717) is 7.69 Å². The Morgan fingerprint density at radius 1 is 1.00 bits per heavy atom. The second-order valence-corrected chi connectivity index (χ2v) is 0.506. The fourth-order valence-electron chi connectivity index (χ4n) is 0.0672. The van der Waals surface area contributed by atoms with Crippen LogP contribution in [0, 0.1) is 0 Å². The van der Waals surface area contributed by atoms with Crippen LogP contribution in [0.3, 0.4) is 0 Å². The van der Waals surface area contributed by atoms with Crippen molar-refractivity contribution in [3.8, 4) is 0 Å². The van der Waals surface area contributed by atoms with Crippen LogP contribution in [0.15, 0.2) is 0 Å². The van der Waals surface area contributed by atoms with Crippen molar-refractivity contribution in [2.45, 2.75) is 0 Å². The van der Waals surface area contributed by atoms with Gasteiger partial charge in [-0.05, 0) is 5.04 Å². The highest BCUT2D eigenvalue weighted by Gasteiger charge is 1.94. The third-order valence-corrected chi connectivity index (χ3v) is 0.191. The minimum atomic E-state index is 0.413. The highest BCUT2D eigenvalue weighted by atomic mass is 17.6. The molecule has 0 bridgehead atoms. The van der Waals surface area contributed by atoms with Crippen molar-refractivity contribution < 1.29 is 35.2 Å². The van der Waals surface area contributed by atoms with Gasteiger partial charge in [0.2, 0.25) is 0 Å². The first-order valence-corrected chi connectivity index (χ1v) is 1.34. The molecular weight excluding hydrogens is 123 g/mol. The maximum Gasteiger partial charge on any atom is 0.567 e. The van der Waals surface area contributed by atoms with E-state index in [1.165, 1.54) is 0 Å². The lowest BCUT2D eigenvalue weighted by atomic mass is 10.4. The average molecular weight is 125 g/mol. The summed E-state index contributed by atoms with van der Waals surface area (Å²) in [6.45, 7) is 0. The van der Waals surface area contributed by atoms with Gasteiger partial charge in [0.15, 0.2) is 0 Å². The van der Waals surface area contributed by atoms with Crippen LogP contribution in [0.5, 0.6) is 0 Å². The van der Waals surface area contributed by atoms with Crippen LogP contribution >= 0.6 is 0 Å². The minimum Gasteiger partial charge on any atom is -0.234 e. The maximum atomic E-state index is 7.37. The van der Waals surface area contributed by atoms with Crippen molar-refractivity contribution in [3.05, 3.63) is 0 Å². The summed E-state index contributed by atoms with van der Waals surface area (Å²) in [5.41, 5.74) is 0. The Morgan fingerprint density at radius 2 is 1.75 bits per heavy atom. The van der Waals surface area contributed by atoms with Crippen LogP contribution in [-0.2, 0) is 24.7 Å². The van der Waals surface area contributed by atoms with Crippen molar-refractivity contribution in [1.29, 1.82) is 0 Å². The predicted molar refractivity (Wildman–Crippen MR) is 16.4 cm³/mol. The van der Waals surface area contributed by atoms with Crippen molar-refractivity contribution >= 4 is 7.69 Å². The Hall–Kier alpha value is -0.215. The van der Waals surface area contributed by atoms with Crippen LogP contribution in [0.4, 0.5) is 0 Å². The smallest absolute Gasteiger partial charge is 0.234 e. The molecule has 0 aromatic heterocycles. The third-order valence-electron chi connectivity index (χ3n) is 0.191. The highest BCUT2D eigenvalue weighted by Crippen LogP contribution is 1.74. The molecule has 0 amide bonds. The van der Waals surface area contributed by atoms with E-state index in [-0.39, 0.29) is 0 Å². The van der Waals surface area contributed by atoms with Gasteiger partial charge >= 0.3 is 7.69 Å². The fraction of sp³-hybridized carbons (Fsp3) is 0. The molecule has 8 heavy (non-hydrogen) atoms. The van der Waals surface area contributed by atoms with Gasteiger partial charge in [0.05, 0.1) is 0 Å². The summed E-state index contributed by atoms with van der Waals surface area (Å²) in [5, 5.41) is 23.9. The molecular formula is H2BO7. The lowest BCUT2D eigenvalue weighted by Crippen LogP contribution is -2.04. The van der Waals surface area contributed by atoms with E-state index in [1.807, 2.05) is 0 Å². The SMILES string of the molecule is OOO[B]OOOO. The molecule has 8 heteroatoms. The average Bonchev–Trinajstić information content (AvgIpc) is 1.81. The molecule has 1 radical (unpaired) electrons. The Labute approximate surface area is 44.2 Å². The van der Waals surface area contributed by atoms with Gasteiger partial charge in [0.1, 0.15) is 0 Å². The first-order valence-electron chi connectivity index (χ1n) is 1.34. The van der Waals surface area contributed by atoms with E-state index in [9.17, 15) is 0 Å². The van der Waals surface area contributed by atoms with Gasteiger partial charge < -0.3 is 0 Å². The van der Waals surface area contributed by atoms with Crippen LogP contribution in [-0.4, -0.2) is 18.2 Å². The van der Waals surface area contributed by atoms with Crippen LogP contribution in [0.1, 0.15) is 0 Å². The molecule has 0 unspecified atom stereocenters. The maximum absolute atomic E-state index is 7.37. The topological polar surface area (TPSA) is 86.6 Å². The standard InChI is InChI=1S/BH2O7/c2-6-4-1-5-8-7-3/h2-3H. The van der Waals surface area contributed by atoms with Gasteiger partial charge in [-0.15, -0.1) is 0 Å². The molecule has 7 nitrogen and oxygen atoms in total. The van der Waals surface area contributed by atoms with Crippen molar-refractivity contribution in [2.75, 3.05) is 0 Å². The molecule has 0 heterocycles. The normalized spacial score (nSPS) is 9.25. The summed E-state index contributed by atoms with van der Waals surface area (Å²) >= 11 is 0. The van der Waals surface area contributed by atoms with E-state index < -0.39 is 0 Å². The monoisotopic (exact) mass is 125 g/mol.